The largest absolute Gasteiger partial charge is 0.378 e. The van der Waals surface area contributed by atoms with E-state index >= 15 is 0 Å². The van der Waals surface area contributed by atoms with Gasteiger partial charge in [0.15, 0.2) is 0 Å². The van der Waals surface area contributed by atoms with Gasteiger partial charge in [0.05, 0.1) is 24.1 Å². The lowest BCUT2D eigenvalue weighted by molar-refractivity contribution is 0.0933. The van der Waals surface area contributed by atoms with Gasteiger partial charge in [-0.3, -0.25) is 9.78 Å². The Morgan fingerprint density at radius 3 is 2.68 bits per heavy atom. The Morgan fingerprint density at radius 2 is 2.00 bits per heavy atom. The molecule has 1 aliphatic carbocycles. The van der Waals surface area contributed by atoms with E-state index < -0.39 is 0 Å². The van der Waals surface area contributed by atoms with Crippen LogP contribution in [-0.2, 0) is 6.54 Å². The molecule has 2 aromatic heterocycles. The molecule has 0 atom stereocenters. The second-order valence-electron chi connectivity index (χ2n) is 5.56. The minimum Gasteiger partial charge on any atom is -0.378 e. The number of carbonyl (C=O) groups excluding carboxylic acids is 1. The number of nitrogens with one attached hydrogen (secondary N) is 2. The van der Waals surface area contributed by atoms with Gasteiger partial charge < -0.3 is 10.6 Å². The highest BCUT2D eigenvalue weighted by Crippen LogP contribution is 2.18. The van der Waals surface area contributed by atoms with Crippen molar-refractivity contribution < 1.29 is 4.79 Å². The summed E-state index contributed by atoms with van der Waals surface area (Å²) in [5, 5.41) is 6.28. The van der Waals surface area contributed by atoms with Crippen molar-refractivity contribution in [1.82, 2.24) is 15.3 Å². The molecule has 1 aliphatic rings. The first-order valence-electron chi connectivity index (χ1n) is 7.72. The third-order valence-corrected chi connectivity index (χ3v) is 3.89. The predicted octanol–water partition coefficient (Wildman–Crippen LogP) is 2.76. The van der Waals surface area contributed by atoms with Crippen molar-refractivity contribution in [1.29, 1.82) is 0 Å². The number of hydrogen-bond donors (Lipinski definition) is 2. The van der Waals surface area contributed by atoms with Crippen LogP contribution < -0.4 is 10.6 Å². The van der Waals surface area contributed by atoms with Crippen LogP contribution in [0.3, 0.4) is 0 Å². The summed E-state index contributed by atoms with van der Waals surface area (Å²) in [7, 11) is 0. The summed E-state index contributed by atoms with van der Waals surface area (Å²) in [6.45, 7) is 0.635. The minimum absolute atomic E-state index is 0.0804. The van der Waals surface area contributed by atoms with Gasteiger partial charge in [0.2, 0.25) is 0 Å². The molecular weight excluding hydrogens is 276 g/mol. The minimum atomic E-state index is -0.0804. The third-order valence-electron chi connectivity index (χ3n) is 3.89. The summed E-state index contributed by atoms with van der Waals surface area (Å²) < 4.78 is 0. The molecule has 1 fully saturated rings. The number of rotatable bonds is 5. The molecule has 5 nitrogen and oxygen atoms in total. The molecule has 1 saturated carbocycles. The number of carbonyl (C=O) groups is 1. The van der Waals surface area contributed by atoms with Crippen molar-refractivity contribution in [2.75, 3.05) is 5.32 Å². The van der Waals surface area contributed by atoms with E-state index in [9.17, 15) is 4.79 Å². The summed E-state index contributed by atoms with van der Waals surface area (Å²) in [4.78, 5) is 20.6. The van der Waals surface area contributed by atoms with Gasteiger partial charge >= 0.3 is 0 Å². The summed E-state index contributed by atoms with van der Waals surface area (Å²) in [6.07, 6.45) is 8.02. The van der Waals surface area contributed by atoms with E-state index in [1.807, 2.05) is 24.3 Å². The number of hydrogen-bond acceptors (Lipinski definition) is 4. The molecule has 114 valence electrons. The Balaban J connectivity index is 1.54. The van der Waals surface area contributed by atoms with E-state index in [2.05, 4.69) is 20.6 Å². The zero-order valence-corrected chi connectivity index (χ0v) is 12.5. The SMILES string of the molecule is O=C(NC1CCCC1)c1ccc(NCc2ccccn2)cn1. The van der Waals surface area contributed by atoms with E-state index in [0.717, 1.165) is 24.2 Å². The fraction of sp³-hybridized carbons (Fsp3) is 0.353. The van der Waals surface area contributed by atoms with Gasteiger partial charge in [0, 0.05) is 12.2 Å². The molecule has 22 heavy (non-hydrogen) atoms. The summed E-state index contributed by atoms with van der Waals surface area (Å²) >= 11 is 0. The maximum atomic E-state index is 12.1. The van der Waals surface area contributed by atoms with Crippen LogP contribution in [0.2, 0.25) is 0 Å². The van der Waals surface area contributed by atoms with Gasteiger partial charge in [-0.1, -0.05) is 18.9 Å². The Kier molecular flexibility index (Phi) is 4.63. The lowest BCUT2D eigenvalue weighted by atomic mass is 10.2. The molecule has 2 aromatic rings. The summed E-state index contributed by atoms with van der Waals surface area (Å²) in [6, 6.07) is 9.76. The average molecular weight is 296 g/mol. The maximum absolute atomic E-state index is 12.1. The van der Waals surface area contributed by atoms with Crippen LogP contribution in [0.25, 0.3) is 0 Å². The quantitative estimate of drug-likeness (QED) is 0.890. The number of anilines is 1. The van der Waals surface area contributed by atoms with Crippen molar-refractivity contribution >= 4 is 11.6 Å². The molecule has 1 amide bonds. The standard InChI is InChI=1S/C17H20N4O/c22-17(21-13-5-1-2-6-13)16-9-8-15(12-20-16)19-11-14-7-3-4-10-18-14/h3-4,7-10,12-13,19H,1-2,5-6,11H2,(H,21,22). The molecule has 5 heteroatoms. The molecule has 0 bridgehead atoms. The van der Waals surface area contributed by atoms with Crippen LogP contribution in [0.4, 0.5) is 5.69 Å². The lowest BCUT2D eigenvalue weighted by Gasteiger charge is -2.11. The molecule has 0 unspecified atom stereocenters. The molecule has 0 aromatic carbocycles. The van der Waals surface area contributed by atoms with Crippen LogP contribution in [0.15, 0.2) is 42.7 Å². The summed E-state index contributed by atoms with van der Waals surface area (Å²) in [5.74, 6) is -0.0804. The lowest BCUT2D eigenvalue weighted by Crippen LogP contribution is -2.33. The second-order valence-corrected chi connectivity index (χ2v) is 5.56. The highest BCUT2D eigenvalue weighted by atomic mass is 16.1. The van der Waals surface area contributed by atoms with Gasteiger partial charge in [0.25, 0.3) is 5.91 Å². The fourth-order valence-electron chi connectivity index (χ4n) is 2.66. The summed E-state index contributed by atoms with van der Waals surface area (Å²) in [5.41, 5.74) is 2.31. The topological polar surface area (TPSA) is 66.9 Å². The van der Waals surface area contributed by atoms with Gasteiger partial charge in [-0.15, -0.1) is 0 Å². The van der Waals surface area contributed by atoms with Gasteiger partial charge in [-0.25, -0.2) is 4.98 Å². The van der Waals surface area contributed by atoms with Crippen LogP contribution in [0, 0.1) is 0 Å². The molecule has 0 radical (unpaired) electrons. The van der Waals surface area contributed by atoms with E-state index in [4.69, 9.17) is 0 Å². The van der Waals surface area contributed by atoms with Gasteiger partial charge in [-0.2, -0.15) is 0 Å². The molecular formula is C17H20N4O. The first-order chi connectivity index (χ1) is 10.8. The first kappa shape index (κ1) is 14.5. The number of nitrogens with zero attached hydrogens (tertiary/aromatic N) is 2. The van der Waals surface area contributed by atoms with Crippen molar-refractivity contribution in [2.24, 2.45) is 0 Å². The highest BCUT2D eigenvalue weighted by molar-refractivity contribution is 5.92. The average Bonchev–Trinajstić information content (AvgIpc) is 3.07. The smallest absolute Gasteiger partial charge is 0.270 e. The van der Waals surface area contributed by atoms with Gasteiger partial charge in [-0.05, 0) is 37.1 Å². The number of pyridine rings is 2. The normalized spacial score (nSPS) is 14.7. The van der Waals surface area contributed by atoms with Crippen molar-refractivity contribution in [3.05, 3.63) is 54.1 Å². The first-order valence-corrected chi connectivity index (χ1v) is 7.72. The van der Waals surface area contributed by atoms with Crippen LogP contribution in [0.5, 0.6) is 0 Å². The molecule has 3 rings (SSSR count). The van der Waals surface area contributed by atoms with E-state index in [-0.39, 0.29) is 5.91 Å². The third kappa shape index (κ3) is 3.81. The molecule has 2 N–H and O–H groups in total. The van der Waals surface area contributed by atoms with Gasteiger partial charge in [0.1, 0.15) is 5.69 Å². The monoisotopic (exact) mass is 296 g/mol. The number of aromatic nitrogens is 2. The van der Waals surface area contributed by atoms with Crippen molar-refractivity contribution in [3.8, 4) is 0 Å². The van der Waals surface area contributed by atoms with Crippen molar-refractivity contribution in [3.63, 3.8) is 0 Å². The molecule has 2 heterocycles. The second kappa shape index (κ2) is 7.02. The Bertz CT molecular complexity index is 606. The zero-order valence-electron chi connectivity index (χ0n) is 12.5. The fourth-order valence-corrected chi connectivity index (χ4v) is 2.66. The van der Waals surface area contributed by atoms with Crippen molar-refractivity contribution in [2.45, 2.75) is 38.3 Å². The number of amides is 1. The zero-order chi connectivity index (χ0) is 15.2. The maximum Gasteiger partial charge on any atom is 0.270 e. The molecule has 0 aliphatic heterocycles. The highest BCUT2D eigenvalue weighted by Gasteiger charge is 2.18. The Morgan fingerprint density at radius 1 is 1.14 bits per heavy atom. The Labute approximate surface area is 130 Å². The predicted molar refractivity (Wildman–Crippen MR) is 85.5 cm³/mol. The van der Waals surface area contributed by atoms with Crippen LogP contribution in [-0.4, -0.2) is 21.9 Å². The Hall–Kier alpha value is -2.43. The van der Waals surface area contributed by atoms with E-state index in [0.29, 0.717) is 18.3 Å². The van der Waals surface area contributed by atoms with Crippen LogP contribution >= 0.6 is 0 Å². The van der Waals surface area contributed by atoms with E-state index in [1.165, 1.54) is 12.8 Å². The van der Waals surface area contributed by atoms with Crippen LogP contribution in [0.1, 0.15) is 41.9 Å². The molecule has 0 saturated heterocycles. The van der Waals surface area contributed by atoms with E-state index in [1.54, 1.807) is 18.5 Å². The molecule has 0 spiro atoms.